The fourth-order valence-corrected chi connectivity index (χ4v) is 2.91. The summed E-state index contributed by atoms with van der Waals surface area (Å²) < 4.78 is 16.5. The van der Waals surface area contributed by atoms with Crippen molar-refractivity contribution >= 4 is 17.6 Å². The van der Waals surface area contributed by atoms with Crippen LogP contribution in [0.1, 0.15) is 33.3 Å². The van der Waals surface area contributed by atoms with Crippen molar-refractivity contribution in [2.75, 3.05) is 26.1 Å². The molecular formula is C23H23N3O6. The molecule has 2 aromatic carbocycles. The van der Waals surface area contributed by atoms with Crippen LogP contribution >= 0.6 is 0 Å². The highest BCUT2D eigenvalue weighted by Gasteiger charge is 2.21. The van der Waals surface area contributed by atoms with Crippen LogP contribution in [0.5, 0.6) is 11.5 Å². The number of ether oxygens (including phenoxy) is 3. The number of nitrogens with one attached hydrogen (secondary N) is 1. The Morgan fingerprint density at radius 2 is 1.62 bits per heavy atom. The van der Waals surface area contributed by atoms with Crippen molar-refractivity contribution in [2.45, 2.75) is 13.8 Å². The number of hydrogen-bond donors (Lipinski definition) is 1. The van der Waals surface area contributed by atoms with Gasteiger partial charge in [-0.1, -0.05) is 17.7 Å². The van der Waals surface area contributed by atoms with E-state index in [0.717, 1.165) is 16.3 Å². The Bertz CT molecular complexity index is 1180. The lowest BCUT2D eigenvalue weighted by molar-refractivity contribution is 0.0518. The van der Waals surface area contributed by atoms with Crippen LogP contribution in [0.2, 0.25) is 0 Å². The van der Waals surface area contributed by atoms with E-state index in [1.165, 1.54) is 26.4 Å². The molecule has 1 heterocycles. The summed E-state index contributed by atoms with van der Waals surface area (Å²) >= 11 is 0. The van der Waals surface area contributed by atoms with Gasteiger partial charge in [0.15, 0.2) is 5.69 Å². The van der Waals surface area contributed by atoms with Gasteiger partial charge in [0.2, 0.25) is 0 Å². The van der Waals surface area contributed by atoms with Crippen LogP contribution in [0.4, 0.5) is 5.69 Å². The summed E-state index contributed by atoms with van der Waals surface area (Å²) in [5, 5.41) is 6.74. The molecule has 0 aliphatic rings. The molecule has 0 spiro atoms. The number of aryl methyl sites for hydroxylation is 1. The van der Waals surface area contributed by atoms with E-state index in [2.05, 4.69) is 10.4 Å². The van der Waals surface area contributed by atoms with Crippen LogP contribution in [0.3, 0.4) is 0 Å². The summed E-state index contributed by atoms with van der Waals surface area (Å²) in [5.41, 5.74) is 0.893. The fourth-order valence-electron chi connectivity index (χ4n) is 2.91. The number of aromatic nitrogens is 2. The van der Waals surface area contributed by atoms with E-state index in [4.69, 9.17) is 14.2 Å². The normalized spacial score (nSPS) is 10.4. The van der Waals surface area contributed by atoms with Gasteiger partial charge in [-0.15, -0.1) is 0 Å². The average Bonchev–Trinajstić information content (AvgIpc) is 2.79. The highest BCUT2D eigenvalue weighted by atomic mass is 16.5. The smallest absolute Gasteiger partial charge is 0.360 e. The van der Waals surface area contributed by atoms with Crippen molar-refractivity contribution in [3.8, 4) is 17.2 Å². The van der Waals surface area contributed by atoms with Crippen LogP contribution in [-0.2, 0) is 4.74 Å². The monoisotopic (exact) mass is 437 g/mol. The highest BCUT2D eigenvalue weighted by molar-refractivity contribution is 6.07. The van der Waals surface area contributed by atoms with Crippen LogP contribution < -0.4 is 20.3 Å². The molecule has 0 atom stereocenters. The van der Waals surface area contributed by atoms with Gasteiger partial charge in [0.25, 0.3) is 11.5 Å². The van der Waals surface area contributed by atoms with Crippen molar-refractivity contribution in [1.82, 2.24) is 9.78 Å². The van der Waals surface area contributed by atoms with Gasteiger partial charge in [0.1, 0.15) is 11.5 Å². The lowest BCUT2D eigenvalue weighted by Gasteiger charge is -2.13. The Morgan fingerprint density at radius 1 is 1.00 bits per heavy atom. The first-order valence-electron chi connectivity index (χ1n) is 9.79. The van der Waals surface area contributed by atoms with Gasteiger partial charge < -0.3 is 19.5 Å². The van der Waals surface area contributed by atoms with Gasteiger partial charge >= 0.3 is 5.97 Å². The number of rotatable bonds is 7. The Hall–Kier alpha value is -4.14. The Kier molecular flexibility index (Phi) is 6.89. The number of anilines is 1. The number of benzene rings is 2. The molecule has 0 saturated carbocycles. The summed E-state index contributed by atoms with van der Waals surface area (Å²) in [6.07, 6.45) is 0. The van der Waals surface area contributed by atoms with Gasteiger partial charge in [-0.25, -0.2) is 4.79 Å². The number of methoxy groups -OCH3 is 2. The maximum absolute atomic E-state index is 12.9. The molecule has 1 N–H and O–H groups in total. The Morgan fingerprint density at radius 3 is 2.19 bits per heavy atom. The van der Waals surface area contributed by atoms with Crippen molar-refractivity contribution in [3.63, 3.8) is 0 Å². The quantitative estimate of drug-likeness (QED) is 0.566. The largest absolute Gasteiger partial charge is 0.497 e. The summed E-state index contributed by atoms with van der Waals surface area (Å²) in [6, 6.07) is 12.8. The molecule has 166 valence electrons. The van der Waals surface area contributed by atoms with Crippen molar-refractivity contribution in [3.05, 3.63) is 75.7 Å². The van der Waals surface area contributed by atoms with Crippen LogP contribution in [0, 0.1) is 6.92 Å². The first kappa shape index (κ1) is 22.5. The molecule has 0 fully saturated rings. The Labute approximate surface area is 184 Å². The zero-order valence-electron chi connectivity index (χ0n) is 18.2. The lowest BCUT2D eigenvalue weighted by Crippen LogP contribution is -2.27. The van der Waals surface area contributed by atoms with E-state index < -0.39 is 17.4 Å². The SMILES string of the molecule is CCOC(=O)c1nn(-c2ccc(C)cc2)c(=O)cc1NC(=O)c1cc(OC)cc(OC)c1. The van der Waals surface area contributed by atoms with Crippen LogP contribution in [0.15, 0.2) is 53.3 Å². The van der Waals surface area contributed by atoms with E-state index in [1.807, 2.05) is 19.1 Å². The highest BCUT2D eigenvalue weighted by Crippen LogP contribution is 2.24. The van der Waals surface area contributed by atoms with Gasteiger partial charge in [0.05, 0.1) is 32.2 Å². The molecular weight excluding hydrogens is 414 g/mol. The summed E-state index contributed by atoms with van der Waals surface area (Å²) in [5.74, 6) is -0.532. The van der Waals surface area contributed by atoms with Gasteiger partial charge in [-0.2, -0.15) is 9.78 Å². The third-order valence-electron chi connectivity index (χ3n) is 4.54. The number of esters is 1. The summed E-state index contributed by atoms with van der Waals surface area (Å²) in [7, 11) is 2.92. The van der Waals surface area contributed by atoms with Gasteiger partial charge in [-0.05, 0) is 38.1 Å². The minimum absolute atomic E-state index is 0.0661. The van der Waals surface area contributed by atoms with Crippen LogP contribution in [-0.4, -0.2) is 42.5 Å². The van der Waals surface area contributed by atoms with Crippen molar-refractivity contribution < 1.29 is 23.8 Å². The lowest BCUT2D eigenvalue weighted by atomic mass is 10.1. The molecule has 3 aromatic rings. The summed E-state index contributed by atoms with van der Waals surface area (Å²) in [6.45, 7) is 3.66. The fraction of sp³-hybridized carbons (Fsp3) is 0.217. The molecule has 0 radical (unpaired) electrons. The third-order valence-corrected chi connectivity index (χ3v) is 4.54. The predicted octanol–water partition coefficient (Wildman–Crippen LogP) is 2.99. The van der Waals surface area contributed by atoms with E-state index in [0.29, 0.717) is 17.2 Å². The molecule has 9 heteroatoms. The molecule has 0 bridgehead atoms. The molecule has 3 rings (SSSR count). The van der Waals surface area contributed by atoms with Crippen molar-refractivity contribution in [1.29, 1.82) is 0 Å². The number of nitrogens with zero attached hydrogens (tertiary/aromatic N) is 2. The molecule has 0 aliphatic heterocycles. The van der Waals surface area contributed by atoms with Crippen molar-refractivity contribution in [2.24, 2.45) is 0 Å². The minimum Gasteiger partial charge on any atom is -0.497 e. The molecule has 9 nitrogen and oxygen atoms in total. The molecule has 0 aliphatic carbocycles. The number of carbonyl (C=O) groups excluding carboxylic acids is 2. The zero-order valence-corrected chi connectivity index (χ0v) is 18.2. The number of hydrogen-bond acceptors (Lipinski definition) is 7. The van der Waals surface area contributed by atoms with E-state index >= 15 is 0 Å². The average molecular weight is 437 g/mol. The maximum atomic E-state index is 12.9. The number of carbonyl (C=O) groups is 2. The molecule has 0 saturated heterocycles. The van der Waals surface area contributed by atoms with Gasteiger partial charge in [0, 0.05) is 17.7 Å². The maximum Gasteiger partial charge on any atom is 0.360 e. The second-order valence-electron chi connectivity index (χ2n) is 6.77. The molecule has 1 amide bonds. The predicted molar refractivity (Wildman–Crippen MR) is 118 cm³/mol. The number of amides is 1. The first-order valence-corrected chi connectivity index (χ1v) is 9.79. The van der Waals surface area contributed by atoms with Gasteiger partial charge in [-0.3, -0.25) is 9.59 Å². The minimum atomic E-state index is -0.771. The van der Waals surface area contributed by atoms with E-state index in [9.17, 15) is 14.4 Å². The van der Waals surface area contributed by atoms with E-state index in [-0.39, 0.29) is 23.6 Å². The molecule has 0 unspecified atom stereocenters. The summed E-state index contributed by atoms with van der Waals surface area (Å²) in [4.78, 5) is 38.2. The second kappa shape index (κ2) is 9.78. The standard InChI is InChI=1S/C23H23N3O6/c1-5-32-23(29)21-19(13-20(27)26(25-21)16-8-6-14(2)7-9-16)24-22(28)15-10-17(30-3)12-18(11-15)31-4/h6-13H,5H2,1-4H3,(H,24,28). The second-order valence-corrected chi connectivity index (χ2v) is 6.77. The molecule has 32 heavy (non-hydrogen) atoms. The zero-order chi connectivity index (χ0) is 23.3. The molecule has 1 aromatic heterocycles. The van der Waals surface area contributed by atoms with Crippen LogP contribution in [0.25, 0.3) is 5.69 Å². The topological polar surface area (TPSA) is 109 Å². The first-order chi connectivity index (χ1) is 15.4. The third kappa shape index (κ3) is 4.94. The van der Waals surface area contributed by atoms with E-state index in [1.54, 1.807) is 25.1 Å². The Balaban J connectivity index is 2.04.